The molecule has 3 fully saturated rings. The van der Waals surface area contributed by atoms with Gasteiger partial charge >= 0.3 is 5.97 Å². The van der Waals surface area contributed by atoms with E-state index in [9.17, 15) is 14.4 Å². The molecule has 5 rings (SSSR count). The molecule has 1 amide bonds. The number of Topliss-reactive ketones (excluding diaryl/α,β-unsaturated/α-hetero) is 1. The maximum Gasteiger partial charge on any atom is 0.302 e. The molecular formula is C31H45NO4. The Morgan fingerprint density at radius 3 is 2.58 bits per heavy atom. The van der Waals surface area contributed by atoms with Gasteiger partial charge in [-0.1, -0.05) is 44.9 Å². The van der Waals surface area contributed by atoms with Crippen molar-refractivity contribution in [3.05, 3.63) is 22.8 Å². The van der Waals surface area contributed by atoms with Crippen LogP contribution in [0.2, 0.25) is 0 Å². The van der Waals surface area contributed by atoms with Crippen LogP contribution in [0.3, 0.4) is 0 Å². The van der Waals surface area contributed by atoms with E-state index in [1.165, 1.54) is 30.9 Å². The molecule has 5 aliphatic rings. The van der Waals surface area contributed by atoms with E-state index in [0.717, 1.165) is 44.1 Å². The standard InChI is InChI=1S/C31H45NO4/c1-17(16-32-19(3)33)13-25-24-15-27-23-8-7-21-14-22(36-20(4)34)9-11-30(21,5)26(23)10-12-31(27,6)28(24)18(2)29(25)35/h7,17-18,22-23,26-28H,8-16H2,1-6H3,(H,32,33)/t17-,18+,22-,23-,26-,27-,28+,30+,31+/m1/s1. The van der Waals surface area contributed by atoms with Crippen molar-refractivity contribution >= 4 is 17.7 Å². The molecule has 198 valence electrons. The van der Waals surface area contributed by atoms with Crippen LogP contribution in [0, 0.1) is 46.3 Å². The number of hydrogen-bond acceptors (Lipinski definition) is 4. The first-order chi connectivity index (χ1) is 17.0. The SMILES string of the molecule is CC(=O)NC[C@H](C)CC1=C2C[C@@H]3[C@@H]4CC=C5C[C@H](OC(C)=O)CC[C@]5(C)[C@@H]4CC[C@]3(C)[C@H]2[C@H](C)C1=O. The van der Waals surface area contributed by atoms with Gasteiger partial charge < -0.3 is 10.1 Å². The van der Waals surface area contributed by atoms with Crippen molar-refractivity contribution in [2.24, 2.45) is 46.3 Å². The first-order valence-corrected chi connectivity index (χ1v) is 14.3. The number of amides is 1. The van der Waals surface area contributed by atoms with Gasteiger partial charge in [0, 0.05) is 32.7 Å². The van der Waals surface area contributed by atoms with Crippen LogP contribution in [0.1, 0.15) is 92.9 Å². The van der Waals surface area contributed by atoms with Gasteiger partial charge in [-0.15, -0.1) is 0 Å². The van der Waals surface area contributed by atoms with Crippen molar-refractivity contribution in [2.75, 3.05) is 6.54 Å². The molecular weight excluding hydrogens is 450 g/mol. The van der Waals surface area contributed by atoms with E-state index in [1.54, 1.807) is 6.92 Å². The number of ketones is 1. The summed E-state index contributed by atoms with van der Waals surface area (Å²) in [6.07, 6.45) is 11.0. The molecule has 0 aromatic carbocycles. The fourth-order valence-corrected chi connectivity index (χ4v) is 9.58. The van der Waals surface area contributed by atoms with Crippen molar-refractivity contribution in [2.45, 2.75) is 99.0 Å². The lowest BCUT2D eigenvalue weighted by Crippen LogP contribution is -2.51. The number of esters is 1. The molecule has 0 spiro atoms. The number of ether oxygens (including phenoxy) is 1. The molecule has 0 aromatic rings. The average Bonchev–Trinajstić information content (AvgIpc) is 3.24. The van der Waals surface area contributed by atoms with E-state index in [2.05, 4.69) is 39.1 Å². The van der Waals surface area contributed by atoms with Crippen molar-refractivity contribution in [1.29, 1.82) is 0 Å². The maximum absolute atomic E-state index is 13.4. The van der Waals surface area contributed by atoms with E-state index in [0.29, 0.717) is 36.0 Å². The molecule has 0 heterocycles. The Hall–Kier alpha value is -1.91. The highest BCUT2D eigenvalue weighted by Gasteiger charge is 2.63. The summed E-state index contributed by atoms with van der Waals surface area (Å²) in [7, 11) is 0. The molecule has 1 N–H and O–H groups in total. The molecule has 5 heteroatoms. The lowest BCUT2D eigenvalue weighted by Gasteiger charge is -2.58. The van der Waals surface area contributed by atoms with Crippen molar-refractivity contribution in [1.82, 2.24) is 5.32 Å². The fourth-order valence-electron chi connectivity index (χ4n) is 9.58. The maximum atomic E-state index is 13.4. The van der Waals surface area contributed by atoms with Crippen molar-refractivity contribution in [3.8, 4) is 0 Å². The van der Waals surface area contributed by atoms with Gasteiger partial charge in [-0.25, -0.2) is 0 Å². The third-order valence-electron chi connectivity index (χ3n) is 11.2. The summed E-state index contributed by atoms with van der Waals surface area (Å²) in [6, 6.07) is 0. The van der Waals surface area contributed by atoms with Crippen LogP contribution in [0.25, 0.3) is 0 Å². The zero-order valence-corrected chi connectivity index (χ0v) is 23.1. The molecule has 9 atom stereocenters. The minimum Gasteiger partial charge on any atom is -0.462 e. The number of allylic oxidation sites excluding steroid dienone is 3. The second-order valence-corrected chi connectivity index (χ2v) is 13.4. The molecule has 5 aliphatic carbocycles. The lowest BCUT2D eigenvalue weighted by atomic mass is 9.47. The van der Waals surface area contributed by atoms with Gasteiger partial charge in [0.2, 0.25) is 5.91 Å². The summed E-state index contributed by atoms with van der Waals surface area (Å²) in [5, 5.41) is 2.94. The van der Waals surface area contributed by atoms with Gasteiger partial charge in [0.05, 0.1) is 0 Å². The first-order valence-electron chi connectivity index (χ1n) is 14.3. The molecule has 36 heavy (non-hydrogen) atoms. The molecule has 0 bridgehead atoms. The molecule has 0 radical (unpaired) electrons. The van der Waals surface area contributed by atoms with E-state index in [-0.39, 0.29) is 40.6 Å². The normalized spacial score (nSPS) is 42.1. The Kier molecular flexibility index (Phi) is 6.53. The van der Waals surface area contributed by atoms with E-state index < -0.39 is 0 Å². The highest BCUT2D eigenvalue weighted by molar-refractivity contribution is 6.01. The minimum atomic E-state index is -0.164. The van der Waals surface area contributed by atoms with Gasteiger partial charge in [-0.3, -0.25) is 14.4 Å². The largest absolute Gasteiger partial charge is 0.462 e. The van der Waals surface area contributed by atoms with Crippen LogP contribution in [-0.4, -0.2) is 30.3 Å². The molecule has 0 saturated heterocycles. The number of rotatable bonds is 5. The Balaban J connectivity index is 1.40. The Bertz CT molecular complexity index is 1030. The highest BCUT2D eigenvalue weighted by atomic mass is 16.5. The summed E-state index contributed by atoms with van der Waals surface area (Å²) in [4.78, 5) is 36.4. The summed E-state index contributed by atoms with van der Waals surface area (Å²) in [5.74, 6) is 2.91. The molecule has 0 aliphatic heterocycles. The number of nitrogens with one attached hydrogen (secondary N) is 1. The minimum absolute atomic E-state index is 0.00552. The van der Waals surface area contributed by atoms with Crippen LogP contribution in [0.15, 0.2) is 22.8 Å². The van der Waals surface area contributed by atoms with Crippen molar-refractivity contribution < 1.29 is 19.1 Å². The van der Waals surface area contributed by atoms with Gasteiger partial charge in [0.1, 0.15) is 6.10 Å². The monoisotopic (exact) mass is 495 g/mol. The van der Waals surface area contributed by atoms with Crippen LogP contribution < -0.4 is 5.32 Å². The second-order valence-electron chi connectivity index (χ2n) is 13.4. The summed E-state index contributed by atoms with van der Waals surface area (Å²) in [5.41, 5.74) is 4.50. The van der Waals surface area contributed by atoms with E-state index in [1.807, 2.05) is 0 Å². The van der Waals surface area contributed by atoms with Gasteiger partial charge in [0.15, 0.2) is 5.78 Å². The number of fused-ring (bicyclic) bond motifs is 7. The highest BCUT2D eigenvalue weighted by Crippen LogP contribution is 2.70. The van der Waals surface area contributed by atoms with Crippen LogP contribution in [0.5, 0.6) is 0 Å². The Morgan fingerprint density at radius 1 is 1.14 bits per heavy atom. The quantitative estimate of drug-likeness (QED) is 0.387. The second kappa shape index (κ2) is 9.13. The number of hydrogen-bond donors (Lipinski definition) is 1. The van der Waals surface area contributed by atoms with Crippen molar-refractivity contribution in [3.63, 3.8) is 0 Å². The van der Waals surface area contributed by atoms with E-state index in [4.69, 9.17) is 4.74 Å². The summed E-state index contributed by atoms with van der Waals surface area (Å²) < 4.78 is 5.61. The first kappa shape index (κ1) is 25.7. The van der Waals surface area contributed by atoms with Gasteiger partial charge in [-0.2, -0.15) is 0 Å². The third-order valence-corrected chi connectivity index (χ3v) is 11.2. The van der Waals surface area contributed by atoms with Gasteiger partial charge in [-0.05, 0) is 90.9 Å². The summed E-state index contributed by atoms with van der Waals surface area (Å²) >= 11 is 0. The third kappa shape index (κ3) is 4.00. The zero-order chi connectivity index (χ0) is 26.0. The smallest absolute Gasteiger partial charge is 0.302 e. The molecule has 0 aromatic heterocycles. The van der Waals surface area contributed by atoms with E-state index >= 15 is 0 Å². The Morgan fingerprint density at radius 2 is 1.89 bits per heavy atom. The topological polar surface area (TPSA) is 72.5 Å². The molecule has 5 nitrogen and oxygen atoms in total. The molecule has 3 saturated carbocycles. The average molecular weight is 496 g/mol. The fraction of sp³-hybridized carbons (Fsp3) is 0.774. The zero-order valence-electron chi connectivity index (χ0n) is 23.1. The van der Waals surface area contributed by atoms with Crippen LogP contribution in [-0.2, 0) is 19.1 Å². The van der Waals surface area contributed by atoms with Gasteiger partial charge in [0.25, 0.3) is 0 Å². The lowest BCUT2D eigenvalue weighted by molar-refractivity contribution is -0.148. The molecule has 0 unspecified atom stereocenters. The Labute approximate surface area is 216 Å². The predicted molar refractivity (Wildman–Crippen MR) is 140 cm³/mol. The predicted octanol–water partition coefficient (Wildman–Crippen LogP) is 5.78. The number of carbonyl (C=O) groups is 3. The van der Waals surface area contributed by atoms with Crippen LogP contribution >= 0.6 is 0 Å². The number of carbonyl (C=O) groups excluding carboxylic acids is 3. The van der Waals surface area contributed by atoms with Crippen LogP contribution in [0.4, 0.5) is 0 Å². The summed E-state index contributed by atoms with van der Waals surface area (Å²) in [6.45, 7) is 13.0.